The zero-order valence-corrected chi connectivity index (χ0v) is 15.1. The fourth-order valence-corrected chi connectivity index (χ4v) is 4.28. The van der Waals surface area contributed by atoms with E-state index in [1.54, 1.807) is 5.32 Å². The molecule has 0 unspecified atom stereocenters. The standard InChI is InChI=1S/C16H16BrF4N3O2/c17-13-9(18)1-2-10-12(13)15(3-5-22-6-4-15)14(26)24(10)7-11(25)23-8-16(19,20)21/h1-2,22H,3-8H2,(H,23,25). The molecule has 2 heterocycles. The minimum atomic E-state index is -4.54. The molecule has 2 aliphatic heterocycles. The van der Waals surface area contributed by atoms with E-state index < -0.39 is 36.4 Å². The minimum absolute atomic E-state index is 0.156. The normalized spacial score (nSPS) is 19.0. The number of anilines is 1. The van der Waals surface area contributed by atoms with Crippen LogP contribution in [0.4, 0.5) is 23.2 Å². The number of halogens is 5. The second-order valence-electron chi connectivity index (χ2n) is 6.37. The first-order valence-corrected chi connectivity index (χ1v) is 8.80. The van der Waals surface area contributed by atoms with E-state index in [1.165, 1.54) is 6.07 Å². The molecule has 2 amide bonds. The number of carbonyl (C=O) groups is 2. The highest BCUT2D eigenvalue weighted by molar-refractivity contribution is 9.10. The molecule has 3 rings (SSSR count). The number of hydrogen-bond donors (Lipinski definition) is 2. The lowest BCUT2D eigenvalue weighted by Crippen LogP contribution is -2.49. The molecule has 0 radical (unpaired) electrons. The van der Waals surface area contributed by atoms with Gasteiger partial charge in [-0.3, -0.25) is 9.59 Å². The number of nitrogens with one attached hydrogen (secondary N) is 2. The van der Waals surface area contributed by atoms with Gasteiger partial charge in [0.15, 0.2) is 0 Å². The topological polar surface area (TPSA) is 61.4 Å². The van der Waals surface area contributed by atoms with Gasteiger partial charge in [0.05, 0.1) is 9.89 Å². The van der Waals surface area contributed by atoms with Gasteiger partial charge in [-0.05, 0) is 54.0 Å². The summed E-state index contributed by atoms with van der Waals surface area (Å²) in [6.07, 6.45) is -3.70. The van der Waals surface area contributed by atoms with Crippen molar-refractivity contribution in [2.45, 2.75) is 24.4 Å². The van der Waals surface area contributed by atoms with Gasteiger partial charge in [-0.1, -0.05) is 0 Å². The molecule has 2 aliphatic rings. The molecule has 1 saturated heterocycles. The van der Waals surface area contributed by atoms with Crippen LogP contribution in [0, 0.1) is 5.82 Å². The molecule has 10 heteroatoms. The number of benzene rings is 1. The Kier molecular flexibility index (Phi) is 5.00. The molecular formula is C16H16BrF4N3O2. The molecule has 1 aromatic rings. The Balaban J connectivity index is 1.92. The van der Waals surface area contributed by atoms with Crippen molar-refractivity contribution >= 4 is 33.4 Å². The van der Waals surface area contributed by atoms with Gasteiger partial charge in [0, 0.05) is 11.3 Å². The number of alkyl halides is 3. The first-order valence-electron chi connectivity index (χ1n) is 8.00. The van der Waals surface area contributed by atoms with Crippen molar-refractivity contribution in [1.29, 1.82) is 0 Å². The van der Waals surface area contributed by atoms with Crippen LogP contribution in [0.2, 0.25) is 0 Å². The Bertz CT molecular complexity index is 748. The number of rotatable bonds is 3. The lowest BCUT2D eigenvalue weighted by atomic mass is 9.74. The maximum absolute atomic E-state index is 14.1. The average molecular weight is 438 g/mol. The van der Waals surface area contributed by atoms with Gasteiger partial charge in [-0.25, -0.2) is 4.39 Å². The van der Waals surface area contributed by atoms with E-state index in [4.69, 9.17) is 0 Å². The SMILES string of the molecule is O=C(CN1C(=O)C2(CCNCC2)c2c1ccc(F)c2Br)NCC(F)(F)F. The fraction of sp³-hybridized carbons (Fsp3) is 0.500. The van der Waals surface area contributed by atoms with Crippen molar-refractivity contribution in [3.05, 3.63) is 28.0 Å². The molecule has 0 aromatic heterocycles. The second kappa shape index (κ2) is 6.80. The number of carbonyl (C=O) groups excluding carboxylic acids is 2. The third-order valence-electron chi connectivity index (χ3n) is 4.74. The van der Waals surface area contributed by atoms with Crippen molar-refractivity contribution in [1.82, 2.24) is 10.6 Å². The van der Waals surface area contributed by atoms with Gasteiger partial charge in [0.2, 0.25) is 11.8 Å². The summed E-state index contributed by atoms with van der Waals surface area (Å²) in [5.74, 6) is -1.84. The van der Waals surface area contributed by atoms with Crippen molar-refractivity contribution < 1.29 is 27.2 Å². The van der Waals surface area contributed by atoms with E-state index in [9.17, 15) is 27.2 Å². The molecule has 1 spiro atoms. The van der Waals surface area contributed by atoms with Crippen LogP contribution in [0.5, 0.6) is 0 Å². The van der Waals surface area contributed by atoms with E-state index >= 15 is 0 Å². The number of hydrogen-bond acceptors (Lipinski definition) is 3. The van der Waals surface area contributed by atoms with E-state index in [-0.39, 0.29) is 10.4 Å². The number of piperidine rings is 1. The monoisotopic (exact) mass is 437 g/mol. The number of fused-ring (bicyclic) bond motifs is 2. The summed E-state index contributed by atoms with van der Waals surface area (Å²) in [5.41, 5.74) is -0.161. The maximum atomic E-state index is 14.1. The highest BCUT2D eigenvalue weighted by Gasteiger charge is 2.53. The predicted molar refractivity (Wildman–Crippen MR) is 89.3 cm³/mol. The van der Waals surface area contributed by atoms with Crippen molar-refractivity contribution in [2.24, 2.45) is 0 Å². The summed E-state index contributed by atoms with van der Waals surface area (Å²) in [5, 5.41) is 4.89. The molecule has 142 valence electrons. The summed E-state index contributed by atoms with van der Waals surface area (Å²) >= 11 is 3.20. The van der Waals surface area contributed by atoms with E-state index in [1.807, 2.05) is 0 Å². The summed E-state index contributed by atoms with van der Waals surface area (Å²) in [6, 6.07) is 2.55. The lowest BCUT2D eigenvalue weighted by molar-refractivity contribution is -0.138. The van der Waals surface area contributed by atoms with Crippen LogP contribution in [-0.4, -0.2) is 44.2 Å². The van der Waals surface area contributed by atoms with Gasteiger partial charge < -0.3 is 15.5 Å². The summed E-state index contributed by atoms with van der Waals surface area (Å²) in [6.45, 7) is -0.928. The Morgan fingerprint density at radius 1 is 1.31 bits per heavy atom. The Labute approximate surface area is 155 Å². The Hall–Kier alpha value is -1.68. The van der Waals surface area contributed by atoms with Gasteiger partial charge in [-0.2, -0.15) is 13.2 Å². The molecule has 0 aliphatic carbocycles. The van der Waals surface area contributed by atoms with Gasteiger partial charge >= 0.3 is 6.18 Å². The summed E-state index contributed by atoms with van der Waals surface area (Å²) < 4.78 is 51.1. The van der Waals surface area contributed by atoms with E-state index in [0.717, 1.165) is 11.0 Å². The largest absolute Gasteiger partial charge is 0.405 e. The summed E-state index contributed by atoms with van der Waals surface area (Å²) in [7, 11) is 0. The molecule has 5 nitrogen and oxygen atoms in total. The first kappa shape index (κ1) is 19.1. The van der Waals surface area contributed by atoms with E-state index in [0.29, 0.717) is 37.2 Å². The Morgan fingerprint density at radius 3 is 2.58 bits per heavy atom. The van der Waals surface area contributed by atoms with Crippen molar-refractivity contribution in [3.8, 4) is 0 Å². The molecular weight excluding hydrogens is 422 g/mol. The second-order valence-corrected chi connectivity index (χ2v) is 7.16. The Morgan fingerprint density at radius 2 is 1.96 bits per heavy atom. The highest BCUT2D eigenvalue weighted by atomic mass is 79.9. The summed E-state index contributed by atoms with van der Waals surface area (Å²) in [4.78, 5) is 26.2. The average Bonchev–Trinajstić information content (AvgIpc) is 2.79. The van der Waals surface area contributed by atoms with Crippen LogP contribution in [0.25, 0.3) is 0 Å². The quantitative estimate of drug-likeness (QED) is 0.712. The van der Waals surface area contributed by atoms with Crippen LogP contribution >= 0.6 is 15.9 Å². The number of amides is 2. The zero-order chi connectivity index (χ0) is 19.1. The molecule has 2 N–H and O–H groups in total. The van der Waals surface area contributed by atoms with Crippen LogP contribution < -0.4 is 15.5 Å². The predicted octanol–water partition coefficient (Wildman–Crippen LogP) is 2.23. The molecule has 0 bridgehead atoms. The van der Waals surface area contributed by atoms with Crippen molar-refractivity contribution in [3.63, 3.8) is 0 Å². The van der Waals surface area contributed by atoms with Crippen LogP contribution in [0.15, 0.2) is 16.6 Å². The van der Waals surface area contributed by atoms with Gasteiger partial charge in [-0.15, -0.1) is 0 Å². The van der Waals surface area contributed by atoms with Crippen LogP contribution in [0.3, 0.4) is 0 Å². The highest BCUT2D eigenvalue weighted by Crippen LogP contribution is 2.50. The van der Waals surface area contributed by atoms with Gasteiger partial charge in [0.1, 0.15) is 18.9 Å². The van der Waals surface area contributed by atoms with Crippen molar-refractivity contribution in [2.75, 3.05) is 31.1 Å². The molecule has 1 aromatic carbocycles. The molecule has 1 fully saturated rings. The lowest BCUT2D eigenvalue weighted by Gasteiger charge is -2.33. The third kappa shape index (κ3) is 3.32. The van der Waals surface area contributed by atoms with Crippen LogP contribution in [0.1, 0.15) is 18.4 Å². The third-order valence-corrected chi connectivity index (χ3v) is 5.52. The number of nitrogens with zero attached hydrogens (tertiary/aromatic N) is 1. The zero-order valence-electron chi connectivity index (χ0n) is 13.6. The molecule has 26 heavy (non-hydrogen) atoms. The van der Waals surface area contributed by atoms with Crippen LogP contribution in [-0.2, 0) is 15.0 Å². The minimum Gasteiger partial charge on any atom is -0.345 e. The smallest absolute Gasteiger partial charge is 0.345 e. The first-order chi connectivity index (χ1) is 12.2. The maximum Gasteiger partial charge on any atom is 0.405 e. The molecule has 0 atom stereocenters. The fourth-order valence-electron chi connectivity index (χ4n) is 3.57. The van der Waals surface area contributed by atoms with Gasteiger partial charge in [0.25, 0.3) is 0 Å². The van der Waals surface area contributed by atoms with E-state index in [2.05, 4.69) is 21.2 Å². The molecule has 0 saturated carbocycles.